The SMILES string of the molecule is COc1ccc(CCC(=O)N2CCC(CNC(=O)CNC(=O)OC(C)(C)C)CC2)cc1. The van der Waals surface area contributed by atoms with E-state index in [4.69, 9.17) is 9.47 Å². The standard InChI is InChI=1S/C23H35N3O5/c1-23(2,3)31-22(29)25-16-20(27)24-15-18-11-13-26(14-12-18)21(28)10-7-17-5-8-19(30-4)9-6-17/h5-6,8-9,18H,7,10-16H2,1-4H3,(H,24,27)(H,25,29). The van der Waals surface area contributed by atoms with Crippen molar-refractivity contribution in [2.45, 2.75) is 52.1 Å². The average Bonchev–Trinajstić information content (AvgIpc) is 2.74. The molecule has 2 rings (SSSR count). The molecule has 0 aliphatic carbocycles. The number of likely N-dealkylation sites (tertiary alicyclic amines) is 1. The number of carbonyl (C=O) groups is 3. The molecule has 1 fully saturated rings. The minimum Gasteiger partial charge on any atom is -0.497 e. The Bertz CT molecular complexity index is 735. The van der Waals surface area contributed by atoms with Crippen molar-refractivity contribution >= 4 is 17.9 Å². The van der Waals surface area contributed by atoms with Crippen molar-refractivity contribution < 1.29 is 23.9 Å². The number of benzene rings is 1. The predicted octanol–water partition coefficient (Wildman–Crippen LogP) is 2.51. The van der Waals surface area contributed by atoms with E-state index in [1.54, 1.807) is 27.9 Å². The summed E-state index contributed by atoms with van der Waals surface area (Å²) < 4.78 is 10.3. The lowest BCUT2D eigenvalue weighted by molar-refractivity contribution is -0.132. The van der Waals surface area contributed by atoms with Crippen LogP contribution in [-0.2, 0) is 20.7 Å². The Morgan fingerprint density at radius 3 is 2.29 bits per heavy atom. The summed E-state index contributed by atoms with van der Waals surface area (Å²) in [5, 5.41) is 5.30. The highest BCUT2D eigenvalue weighted by Crippen LogP contribution is 2.18. The van der Waals surface area contributed by atoms with Crippen LogP contribution < -0.4 is 15.4 Å². The van der Waals surface area contributed by atoms with E-state index in [2.05, 4.69) is 10.6 Å². The van der Waals surface area contributed by atoms with Crippen LogP contribution in [0.5, 0.6) is 5.75 Å². The Morgan fingerprint density at radius 2 is 1.71 bits per heavy atom. The Hall–Kier alpha value is -2.77. The molecule has 1 aromatic carbocycles. The van der Waals surface area contributed by atoms with E-state index in [0.29, 0.717) is 38.4 Å². The van der Waals surface area contributed by atoms with E-state index in [-0.39, 0.29) is 18.4 Å². The monoisotopic (exact) mass is 433 g/mol. The number of alkyl carbamates (subject to hydrolysis) is 1. The molecule has 1 aliphatic rings. The number of piperidine rings is 1. The molecule has 31 heavy (non-hydrogen) atoms. The average molecular weight is 434 g/mol. The third-order valence-electron chi connectivity index (χ3n) is 5.13. The summed E-state index contributed by atoms with van der Waals surface area (Å²) in [4.78, 5) is 37.9. The van der Waals surface area contributed by atoms with Crippen LogP contribution in [0.4, 0.5) is 4.79 Å². The van der Waals surface area contributed by atoms with Gasteiger partial charge < -0.3 is 25.0 Å². The fourth-order valence-corrected chi connectivity index (χ4v) is 3.38. The molecule has 1 aliphatic heterocycles. The van der Waals surface area contributed by atoms with Gasteiger partial charge in [0.2, 0.25) is 11.8 Å². The van der Waals surface area contributed by atoms with Crippen LogP contribution in [-0.4, -0.2) is 61.7 Å². The van der Waals surface area contributed by atoms with Gasteiger partial charge in [-0.3, -0.25) is 9.59 Å². The smallest absolute Gasteiger partial charge is 0.408 e. The van der Waals surface area contributed by atoms with Gasteiger partial charge in [-0.25, -0.2) is 4.79 Å². The number of rotatable bonds is 8. The second-order valence-electron chi connectivity index (χ2n) is 8.83. The molecule has 8 heteroatoms. The van der Waals surface area contributed by atoms with Crippen molar-refractivity contribution in [2.24, 2.45) is 5.92 Å². The molecule has 172 valence electrons. The van der Waals surface area contributed by atoms with Crippen molar-refractivity contribution in [3.05, 3.63) is 29.8 Å². The van der Waals surface area contributed by atoms with Crippen LogP contribution in [0.1, 0.15) is 45.6 Å². The zero-order valence-corrected chi connectivity index (χ0v) is 19.0. The number of hydrogen-bond acceptors (Lipinski definition) is 5. The van der Waals surface area contributed by atoms with Crippen LogP contribution in [0, 0.1) is 5.92 Å². The van der Waals surface area contributed by atoms with E-state index in [1.165, 1.54) is 0 Å². The first-order valence-electron chi connectivity index (χ1n) is 10.8. The minimum atomic E-state index is -0.607. The molecule has 2 N–H and O–H groups in total. The summed E-state index contributed by atoms with van der Waals surface area (Å²) in [6, 6.07) is 7.78. The molecule has 8 nitrogen and oxygen atoms in total. The summed E-state index contributed by atoms with van der Waals surface area (Å²) in [7, 11) is 1.63. The molecule has 0 saturated carbocycles. The van der Waals surface area contributed by atoms with Crippen molar-refractivity contribution in [3.63, 3.8) is 0 Å². The molecule has 0 atom stereocenters. The van der Waals surface area contributed by atoms with Gasteiger partial charge in [0.25, 0.3) is 0 Å². The van der Waals surface area contributed by atoms with Gasteiger partial charge in [0.15, 0.2) is 0 Å². The number of hydrogen-bond donors (Lipinski definition) is 2. The maximum absolute atomic E-state index is 12.5. The minimum absolute atomic E-state index is 0.113. The lowest BCUT2D eigenvalue weighted by atomic mass is 9.96. The molecule has 0 spiro atoms. The molecule has 3 amide bonds. The summed E-state index contributed by atoms with van der Waals surface area (Å²) >= 11 is 0. The summed E-state index contributed by atoms with van der Waals surface area (Å²) in [6.07, 6.45) is 2.31. The van der Waals surface area contributed by atoms with Crippen molar-refractivity contribution in [1.82, 2.24) is 15.5 Å². The van der Waals surface area contributed by atoms with Crippen molar-refractivity contribution in [1.29, 1.82) is 0 Å². The van der Waals surface area contributed by atoms with Gasteiger partial charge in [-0.05, 0) is 63.6 Å². The first kappa shape index (κ1) is 24.5. The maximum Gasteiger partial charge on any atom is 0.408 e. The Kier molecular flexibility index (Phi) is 9.15. The van der Waals surface area contributed by atoms with Crippen LogP contribution in [0.25, 0.3) is 0 Å². The Balaban J connectivity index is 1.61. The topological polar surface area (TPSA) is 97.0 Å². The van der Waals surface area contributed by atoms with Gasteiger partial charge in [0.05, 0.1) is 13.7 Å². The molecule has 1 heterocycles. The van der Waals surface area contributed by atoms with Gasteiger partial charge in [0.1, 0.15) is 11.4 Å². The van der Waals surface area contributed by atoms with E-state index in [9.17, 15) is 14.4 Å². The number of nitrogens with zero attached hydrogens (tertiary/aromatic N) is 1. The summed E-state index contributed by atoms with van der Waals surface area (Å²) in [5.74, 6) is 1.06. The van der Waals surface area contributed by atoms with Crippen molar-refractivity contribution in [2.75, 3.05) is 33.3 Å². The fourth-order valence-electron chi connectivity index (χ4n) is 3.38. The lowest BCUT2D eigenvalue weighted by Gasteiger charge is -2.32. The largest absolute Gasteiger partial charge is 0.497 e. The number of carbonyl (C=O) groups excluding carboxylic acids is 3. The summed E-state index contributed by atoms with van der Waals surface area (Å²) in [5.41, 5.74) is 0.521. The number of aryl methyl sites for hydroxylation is 1. The van der Waals surface area contributed by atoms with Crippen molar-refractivity contribution in [3.8, 4) is 5.75 Å². The molecular formula is C23H35N3O5. The second-order valence-corrected chi connectivity index (χ2v) is 8.83. The van der Waals surface area contributed by atoms with E-state index < -0.39 is 11.7 Å². The fraction of sp³-hybridized carbons (Fsp3) is 0.609. The second kappa shape index (κ2) is 11.6. The molecule has 1 saturated heterocycles. The predicted molar refractivity (Wildman–Crippen MR) is 118 cm³/mol. The van der Waals surface area contributed by atoms with Crippen LogP contribution in [0.15, 0.2) is 24.3 Å². The first-order chi connectivity index (χ1) is 14.7. The third-order valence-corrected chi connectivity index (χ3v) is 5.13. The van der Waals surface area contributed by atoms with Gasteiger partial charge in [-0.2, -0.15) is 0 Å². The highest BCUT2D eigenvalue weighted by molar-refractivity contribution is 5.82. The Labute approximate surface area is 184 Å². The molecule has 0 radical (unpaired) electrons. The zero-order chi connectivity index (χ0) is 22.9. The highest BCUT2D eigenvalue weighted by atomic mass is 16.6. The summed E-state index contributed by atoms with van der Waals surface area (Å²) in [6.45, 7) is 7.14. The normalized spacial score (nSPS) is 14.6. The van der Waals surface area contributed by atoms with Crippen LogP contribution >= 0.6 is 0 Å². The van der Waals surface area contributed by atoms with Gasteiger partial charge in [-0.1, -0.05) is 12.1 Å². The zero-order valence-electron chi connectivity index (χ0n) is 19.0. The van der Waals surface area contributed by atoms with Crippen LogP contribution in [0.3, 0.4) is 0 Å². The van der Waals surface area contributed by atoms with E-state index >= 15 is 0 Å². The molecule has 1 aromatic rings. The van der Waals surface area contributed by atoms with Gasteiger partial charge >= 0.3 is 6.09 Å². The molecule has 0 bridgehead atoms. The number of methoxy groups -OCH3 is 1. The number of nitrogens with one attached hydrogen (secondary N) is 2. The first-order valence-corrected chi connectivity index (χ1v) is 10.8. The number of amides is 3. The maximum atomic E-state index is 12.5. The number of ether oxygens (including phenoxy) is 2. The molecular weight excluding hydrogens is 398 g/mol. The van der Waals surface area contributed by atoms with Crippen LogP contribution in [0.2, 0.25) is 0 Å². The molecule has 0 unspecified atom stereocenters. The van der Waals surface area contributed by atoms with Gasteiger partial charge in [-0.15, -0.1) is 0 Å². The molecule has 0 aromatic heterocycles. The van der Waals surface area contributed by atoms with E-state index in [0.717, 1.165) is 24.2 Å². The van der Waals surface area contributed by atoms with E-state index in [1.807, 2.05) is 29.2 Å². The lowest BCUT2D eigenvalue weighted by Crippen LogP contribution is -2.44. The quantitative estimate of drug-likeness (QED) is 0.657. The highest BCUT2D eigenvalue weighted by Gasteiger charge is 2.23. The van der Waals surface area contributed by atoms with Gasteiger partial charge in [0, 0.05) is 26.1 Å². The Morgan fingerprint density at radius 1 is 1.06 bits per heavy atom. The third kappa shape index (κ3) is 9.27.